The lowest BCUT2D eigenvalue weighted by Gasteiger charge is -2.30. The molecule has 0 saturated carbocycles. The maximum absolute atomic E-state index is 4.74. The Hall–Kier alpha value is -2.40. The number of aryl methyl sites for hydroxylation is 2. The van der Waals surface area contributed by atoms with Gasteiger partial charge in [0.25, 0.3) is 0 Å². The summed E-state index contributed by atoms with van der Waals surface area (Å²) in [4.78, 5) is 11.4. The van der Waals surface area contributed by atoms with Gasteiger partial charge in [0.05, 0.1) is 5.69 Å². The zero-order valence-electron chi connectivity index (χ0n) is 14.0. The number of hydrogen-bond acceptors (Lipinski definition) is 4. The monoisotopic (exact) mass is 394 g/mol. The average Bonchev–Trinajstić information content (AvgIpc) is 2.64. The molecule has 0 aliphatic carbocycles. The van der Waals surface area contributed by atoms with E-state index in [0.717, 1.165) is 35.4 Å². The zero-order valence-corrected chi connectivity index (χ0v) is 15.6. The molecule has 126 valence electrons. The molecule has 2 heterocycles. The Bertz CT molecular complexity index is 910. The largest absolute Gasteiger partial charge is 0.326 e. The van der Waals surface area contributed by atoms with Gasteiger partial charge in [0.15, 0.2) is 0 Å². The van der Waals surface area contributed by atoms with Gasteiger partial charge < -0.3 is 10.2 Å². The Morgan fingerprint density at radius 2 is 2.00 bits per heavy atom. The molecule has 4 nitrogen and oxygen atoms in total. The predicted molar refractivity (Wildman–Crippen MR) is 106 cm³/mol. The van der Waals surface area contributed by atoms with Gasteiger partial charge >= 0.3 is 0 Å². The number of nitrogens with one attached hydrogen (secondary N) is 1. The summed E-state index contributed by atoms with van der Waals surface area (Å²) in [5.74, 6) is 1.53. The van der Waals surface area contributed by atoms with Crippen LogP contribution in [-0.4, -0.2) is 16.5 Å². The molecular weight excluding hydrogens is 376 g/mol. The number of aromatic nitrogens is 2. The summed E-state index contributed by atoms with van der Waals surface area (Å²) in [7, 11) is 0. The normalized spacial score (nSPS) is 13.4. The molecule has 0 atom stereocenters. The number of hydrogen-bond donors (Lipinski definition) is 1. The predicted octanol–water partition coefficient (Wildman–Crippen LogP) is 5.38. The molecule has 4 rings (SSSR count). The third-order valence-corrected chi connectivity index (χ3v) is 5.05. The van der Waals surface area contributed by atoms with Crippen LogP contribution in [0.25, 0.3) is 0 Å². The van der Waals surface area contributed by atoms with Gasteiger partial charge in [-0.05, 0) is 71.1 Å². The van der Waals surface area contributed by atoms with E-state index in [1.54, 1.807) is 0 Å². The Labute approximate surface area is 156 Å². The van der Waals surface area contributed by atoms with Gasteiger partial charge in [-0.25, -0.2) is 4.98 Å². The second-order valence-corrected chi connectivity index (χ2v) is 7.08. The molecule has 1 aliphatic heterocycles. The molecule has 0 amide bonds. The maximum atomic E-state index is 4.74. The molecule has 0 unspecified atom stereocenters. The lowest BCUT2D eigenvalue weighted by Crippen LogP contribution is -2.25. The van der Waals surface area contributed by atoms with Crippen molar-refractivity contribution in [3.63, 3.8) is 0 Å². The highest BCUT2D eigenvalue weighted by atomic mass is 79.9. The van der Waals surface area contributed by atoms with Crippen molar-refractivity contribution in [2.24, 2.45) is 0 Å². The Morgan fingerprint density at radius 1 is 1.12 bits per heavy atom. The van der Waals surface area contributed by atoms with E-state index in [9.17, 15) is 0 Å². The first kappa shape index (κ1) is 16.1. The number of fused-ring (bicyclic) bond motifs is 1. The molecular formula is C20H19BrN4. The minimum Gasteiger partial charge on any atom is -0.326 e. The van der Waals surface area contributed by atoms with E-state index in [0.29, 0.717) is 5.95 Å². The van der Waals surface area contributed by atoms with Crippen LogP contribution in [-0.2, 0) is 6.42 Å². The highest BCUT2D eigenvalue weighted by molar-refractivity contribution is 9.10. The van der Waals surface area contributed by atoms with Gasteiger partial charge in [-0.15, -0.1) is 0 Å². The molecule has 0 saturated heterocycles. The van der Waals surface area contributed by atoms with Crippen molar-refractivity contribution in [1.29, 1.82) is 0 Å². The number of para-hydroxylation sites is 1. The van der Waals surface area contributed by atoms with Crippen molar-refractivity contribution in [2.45, 2.75) is 19.8 Å². The summed E-state index contributed by atoms with van der Waals surface area (Å²) in [6, 6.07) is 16.7. The van der Waals surface area contributed by atoms with Crippen LogP contribution in [0.3, 0.4) is 0 Å². The van der Waals surface area contributed by atoms with Crippen molar-refractivity contribution in [3.05, 3.63) is 70.3 Å². The van der Waals surface area contributed by atoms with Gasteiger partial charge in [0.2, 0.25) is 5.95 Å². The third-order valence-electron chi connectivity index (χ3n) is 4.40. The van der Waals surface area contributed by atoms with E-state index < -0.39 is 0 Å². The van der Waals surface area contributed by atoms with E-state index in [2.05, 4.69) is 74.5 Å². The van der Waals surface area contributed by atoms with Crippen molar-refractivity contribution in [1.82, 2.24) is 9.97 Å². The first-order chi connectivity index (χ1) is 12.2. The summed E-state index contributed by atoms with van der Waals surface area (Å²) >= 11 is 3.59. The van der Waals surface area contributed by atoms with Crippen LogP contribution in [0.4, 0.5) is 23.1 Å². The molecule has 1 aliphatic rings. The van der Waals surface area contributed by atoms with Crippen LogP contribution < -0.4 is 10.2 Å². The van der Waals surface area contributed by atoms with Crippen molar-refractivity contribution >= 4 is 39.1 Å². The SMILES string of the molecule is Cc1ccc(Nc2nccc(N3CCCc4ccccc43)n2)c(Br)c1. The Kier molecular flexibility index (Phi) is 4.40. The van der Waals surface area contributed by atoms with E-state index in [4.69, 9.17) is 4.98 Å². The summed E-state index contributed by atoms with van der Waals surface area (Å²) in [5, 5.41) is 3.31. The maximum Gasteiger partial charge on any atom is 0.229 e. The molecule has 25 heavy (non-hydrogen) atoms. The molecule has 0 spiro atoms. The molecule has 1 aromatic heterocycles. The summed E-state index contributed by atoms with van der Waals surface area (Å²) in [6.45, 7) is 3.04. The topological polar surface area (TPSA) is 41.1 Å². The fourth-order valence-corrected chi connectivity index (χ4v) is 3.77. The lowest BCUT2D eigenvalue weighted by molar-refractivity contribution is 0.759. The van der Waals surface area contributed by atoms with E-state index in [-0.39, 0.29) is 0 Å². The third kappa shape index (κ3) is 3.37. The van der Waals surface area contributed by atoms with Crippen LogP contribution in [0, 0.1) is 6.92 Å². The first-order valence-electron chi connectivity index (χ1n) is 8.42. The van der Waals surface area contributed by atoms with Crippen molar-refractivity contribution < 1.29 is 0 Å². The number of nitrogens with zero attached hydrogens (tertiary/aromatic N) is 3. The fourth-order valence-electron chi connectivity index (χ4n) is 3.17. The minimum absolute atomic E-state index is 0.602. The van der Waals surface area contributed by atoms with Crippen LogP contribution in [0.5, 0.6) is 0 Å². The lowest BCUT2D eigenvalue weighted by atomic mass is 10.0. The minimum atomic E-state index is 0.602. The fraction of sp³-hybridized carbons (Fsp3) is 0.200. The van der Waals surface area contributed by atoms with Crippen LogP contribution >= 0.6 is 15.9 Å². The van der Waals surface area contributed by atoms with Crippen molar-refractivity contribution in [2.75, 3.05) is 16.8 Å². The van der Waals surface area contributed by atoms with E-state index in [1.807, 2.05) is 18.3 Å². The Morgan fingerprint density at radius 3 is 2.88 bits per heavy atom. The standard InChI is InChI=1S/C20H19BrN4/c1-14-8-9-17(16(21)13-14)23-20-22-11-10-19(24-20)25-12-4-6-15-5-2-3-7-18(15)25/h2-3,5,7-11,13H,4,6,12H2,1H3,(H,22,23,24). The summed E-state index contributed by atoms with van der Waals surface area (Å²) in [5.41, 5.74) is 4.79. The molecule has 2 aromatic carbocycles. The van der Waals surface area contributed by atoms with Crippen LogP contribution in [0.2, 0.25) is 0 Å². The molecule has 3 aromatic rings. The molecule has 5 heteroatoms. The van der Waals surface area contributed by atoms with Gasteiger partial charge in [0.1, 0.15) is 5.82 Å². The van der Waals surface area contributed by atoms with Gasteiger partial charge in [-0.1, -0.05) is 24.3 Å². The van der Waals surface area contributed by atoms with Crippen LogP contribution in [0.1, 0.15) is 17.5 Å². The molecule has 1 N–H and O–H groups in total. The van der Waals surface area contributed by atoms with Gasteiger partial charge in [-0.3, -0.25) is 0 Å². The molecule has 0 radical (unpaired) electrons. The quantitative estimate of drug-likeness (QED) is 0.647. The van der Waals surface area contributed by atoms with Gasteiger partial charge in [0, 0.05) is 22.9 Å². The smallest absolute Gasteiger partial charge is 0.229 e. The number of halogens is 1. The van der Waals surface area contributed by atoms with Crippen molar-refractivity contribution in [3.8, 4) is 0 Å². The highest BCUT2D eigenvalue weighted by Gasteiger charge is 2.19. The van der Waals surface area contributed by atoms with Crippen LogP contribution in [0.15, 0.2) is 59.2 Å². The van der Waals surface area contributed by atoms with E-state index in [1.165, 1.54) is 16.8 Å². The zero-order chi connectivity index (χ0) is 17.2. The number of benzene rings is 2. The molecule has 0 fully saturated rings. The van der Waals surface area contributed by atoms with E-state index >= 15 is 0 Å². The Balaban J connectivity index is 1.64. The molecule has 0 bridgehead atoms. The number of anilines is 4. The summed E-state index contributed by atoms with van der Waals surface area (Å²) in [6.07, 6.45) is 4.07. The first-order valence-corrected chi connectivity index (χ1v) is 9.22. The highest BCUT2D eigenvalue weighted by Crippen LogP contribution is 2.33. The summed E-state index contributed by atoms with van der Waals surface area (Å²) < 4.78 is 1.00. The number of rotatable bonds is 3. The second-order valence-electron chi connectivity index (χ2n) is 6.23. The average molecular weight is 395 g/mol. The second kappa shape index (κ2) is 6.84. The van der Waals surface area contributed by atoms with Gasteiger partial charge in [-0.2, -0.15) is 4.98 Å².